The zero-order chi connectivity index (χ0) is 19.6. The number of hydrogen-bond acceptors (Lipinski definition) is 7. The molecule has 0 bridgehead atoms. The summed E-state index contributed by atoms with van der Waals surface area (Å²) in [5.41, 5.74) is 2.51. The molecule has 2 aromatic rings. The van der Waals surface area contributed by atoms with Gasteiger partial charge in [0.1, 0.15) is 30.5 Å². The smallest absolute Gasteiger partial charge is 0.269 e. The van der Waals surface area contributed by atoms with Gasteiger partial charge in [0.15, 0.2) is 5.78 Å². The molecule has 0 heterocycles. The van der Waals surface area contributed by atoms with Crippen molar-refractivity contribution in [2.75, 3.05) is 19.8 Å². The van der Waals surface area contributed by atoms with Gasteiger partial charge in [-0.15, -0.1) is 0 Å². The number of carbonyl (C=O) groups is 2. The summed E-state index contributed by atoms with van der Waals surface area (Å²) in [6.45, 7) is 1.91. The van der Waals surface area contributed by atoms with Crippen LogP contribution in [0.5, 0.6) is 17.2 Å². The number of aromatic hydroxyl groups is 2. The molecular weight excluding hydrogens is 354 g/mol. The number of benzene rings is 2. The van der Waals surface area contributed by atoms with Crippen molar-refractivity contribution >= 4 is 22.5 Å². The van der Waals surface area contributed by atoms with Crippen LogP contribution in [-0.2, 0) is 16.0 Å². The molecule has 1 atom stereocenters. The first-order valence-electron chi connectivity index (χ1n) is 8.59. The minimum absolute atomic E-state index is 0.105. The number of Topliss-reactive ketones (excluding diaryl/α,β-unsaturated/α-hetero) is 1. The largest absolute Gasteiger partial charge is 0.507 e. The van der Waals surface area contributed by atoms with E-state index in [9.17, 15) is 19.8 Å². The Bertz CT molecular complexity index is 893. The molecule has 1 aliphatic rings. The van der Waals surface area contributed by atoms with Gasteiger partial charge in [-0.3, -0.25) is 14.8 Å². The number of amides is 1. The van der Waals surface area contributed by atoms with Crippen molar-refractivity contribution in [3.8, 4) is 17.2 Å². The van der Waals surface area contributed by atoms with Crippen LogP contribution >= 0.6 is 0 Å². The summed E-state index contributed by atoms with van der Waals surface area (Å²) in [5, 5.41) is 30.0. The number of hydroxylamine groups is 1. The Labute approximate surface area is 155 Å². The van der Waals surface area contributed by atoms with Gasteiger partial charge in [-0.25, -0.2) is 5.48 Å². The van der Waals surface area contributed by atoms with Crippen molar-refractivity contribution in [1.82, 2.24) is 5.48 Å². The lowest BCUT2D eigenvalue weighted by molar-refractivity contribution is -0.134. The van der Waals surface area contributed by atoms with E-state index in [2.05, 4.69) is 0 Å². The number of nitrogens with one attached hydrogen (secondary N) is 1. The second-order valence-electron chi connectivity index (χ2n) is 6.67. The van der Waals surface area contributed by atoms with Gasteiger partial charge in [-0.2, -0.15) is 0 Å². The lowest BCUT2D eigenvalue weighted by atomic mass is 9.82. The third-order valence-corrected chi connectivity index (χ3v) is 4.48. The van der Waals surface area contributed by atoms with E-state index >= 15 is 0 Å². The van der Waals surface area contributed by atoms with Crippen LogP contribution in [0.1, 0.15) is 29.3 Å². The predicted octanol–water partition coefficient (Wildman–Crippen LogP) is 1.92. The highest BCUT2D eigenvalue weighted by Gasteiger charge is 2.27. The third kappa shape index (κ3) is 3.96. The van der Waals surface area contributed by atoms with Gasteiger partial charge in [-0.1, -0.05) is 6.92 Å². The van der Waals surface area contributed by atoms with Crippen molar-refractivity contribution < 1.29 is 34.5 Å². The quantitative estimate of drug-likeness (QED) is 0.345. The van der Waals surface area contributed by atoms with Crippen LogP contribution in [0.3, 0.4) is 0 Å². The molecule has 0 saturated carbocycles. The second-order valence-corrected chi connectivity index (χ2v) is 6.67. The van der Waals surface area contributed by atoms with Gasteiger partial charge in [0.2, 0.25) is 0 Å². The number of ether oxygens (including phenoxy) is 2. The second kappa shape index (κ2) is 7.81. The topological polar surface area (TPSA) is 125 Å². The maximum Gasteiger partial charge on any atom is 0.269 e. The molecule has 1 aliphatic carbocycles. The van der Waals surface area contributed by atoms with Crippen LogP contribution < -0.4 is 10.2 Å². The van der Waals surface area contributed by atoms with Gasteiger partial charge >= 0.3 is 0 Å². The molecule has 0 spiro atoms. The lowest BCUT2D eigenvalue weighted by Gasteiger charge is -2.22. The molecule has 4 N–H and O–H groups in total. The monoisotopic (exact) mass is 375 g/mol. The minimum Gasteiger partial charge on any atom is -0.507 e. The number of hydrogen-bond donors (Lipinski definition) is 4. The molecular formula is C19H21NO7. The SMILES string of the molecule is C[C@H]1CC(=O)c2c(cc3cc(OCCOCC(=O)NO)cc(O)c3c2O)C1. The molecule has 1 amide bonds. The number of ketones is 1. The molecule has 0 saturated heterocycles. The van der Waals surface area contributed by atoms with E-state index in [0.717, 1.165) is 5.56 Å². The molecule has 0 aromatic heterocycles. The summed E-state index contributed by atoms with van der Waals surface area (Å²) >= 11 is 0. The maximum absolute atomic E-state index is 12.3. The fourth-order valence-corrected chi connectivity index (χ4v) is 3.37. The number of carbonyl (C=O) groups excluding carboxylic acids is 2. The summed E-state index contributed by atoms with van der Waals surface area (Å²) in [6.07, 6.45) is 1.06. The average molecular weight is 375 g/mol. The van der Waals surface area contributed by atoms with Crippen LogP contribution in [0, 0.1) is 5.92 Å². The van der Waals surface area contributed by atoms with E-state index in [4.69, 9.17) is 14.7 Å². The highest BCUT2D eigenvalue weighted by molar-refractivity contribution is 6.08. The summed E-state index contributed by atoms with van der Waals surface area (Å²) < 4.78 is 10.5. The summed E-state index contributed by atoms with van der Waals surface area (Å²) in [5.74, 6) is -0.598. The Hall–Kier alpha value is -2.84. The normalized spacial score (nSPS) is 16.2. The Morgan fingerprint density at radius 1 is 1.22 bits per heavy atom. The standard InChI is InChI=1S/C19H21NO7/c1-10-4-11-6-12-7-13(27-3-2-26-9-16(23)20-25)8-15(22)18(12)19(24)17(11)14(21)5-10/h6-8,10,22,24-25H,2-5,9H2,1H3,(H,20,23)/t10-/m1/s1. The van der Waals surface area contributed by atoms with Crippen LogP contribution in [0.2, 0.25) is 0 Å². The average Bonchev–Trinajstić information content (AvgIpc) is 2.59. The summed E-state index contributed by atoms with van der Waals surface area (Å²) in [7, 11) is 0. The number of rotatable bonds is 6. The molecule has 0 unspecified atom stereocenters. The first-order valence-corrected chi connectivity index (χ1v) is 8.59. The summed E-state index contributed by atoms with van der Waals surface area (Å²) in [4.78, 5) is 23.1. The minimum atomic E-state index is -0.664. The third-order valence-electron chi connectivity index (χ3n) is 4.48. The van der Waals surface area contributed by atoms with Crippen LogP contribution in [0.15, 0.2) is 18.2 Å². The molecule has 0 aliphatic heterocycles. The number of phenolic OH excluding ortho intramolecular Hbond substituents is 2. The van der Waals surface area contributed by atoms with Gasteiger partial charge in [0.25, 0.3) is 5.91 Å². The zero-order valence-corrected chi connectivity index (χ0v) is 14.8. The first-order chi connectivity index (χ1) is 12.9. The maximum atomic E-state index is 12.3. The van der Waals surface area contributed by atoms with Crippen LogP contribution in [0.4, 0.5) is 0 Å². The highest BCUT2D eigenvalue weighted by Crippen LogP contribution is 2.42. The van der Waals surface area contributed by atoms with E-state index in [1.807, 2.05) is 6.92 Å². The Kier molecular flexibility index (Phi) is 5.48. The van der Waals surface area contributed by atoms with Gasteiger partial charge in [0.05, 0.1) is 17.6 Å². The fourth-order valence-electron chi connectivity index (χ4n) is 3.37. The van der Waals surface area contributed by atoms with Crippen molar-refractivity contribution in [3.63, 3.8) is 0 Å². The number of phenols is 2. The van der Waals surface area contributed by atoms with Gasteiger partial charge < -0.3 is 19.7 Å². The molecule has 8 nitrogen and oxygen atoms in total. The van der Waals surface area contributed by atoms with Crippen molar-refractivity contribution in [2.45, 2.75) is 19.8 Å². The van der Waals surface area contributed by atoms with E-state index < -0.39 is 5.91 Å². The van der Waals surface area contributed by atoms with Crippen molar-refractivity contribution in [2.24, 2.45) is 5.92 Å². The van der Waals surface area contributed by atoms with Gasteiger partial charge in [-0.05, 0) is 35.4 Å². The number of fused-ring (bicyclic) bond motifs is 2. The lowest BCUT2D eigenvalue weighted by Crippen LogP contribution is -2.25. The predicted molar refractivity (Wildman–Crippen MR) is 95.3 cm³/mol. The molecule has 0 fully saturated rings. The van der Waals surface area contributed by atoms with E-state index in [0.29, 0.717) is 29.5 Å². The highest BCUT2D eigenvalue weighted by atomic mass is 16.5. The van der Waals surface area contributed by atoms with E-state index in [-0.39, 0.29) is 48.4 Å². The Morgan fingerprint density at radius 2 is 2.00 bits per heavy atom. The molecule has 144 valence electrons. The Morgan fingerprint density at radius 3 is 2.74 bits per heavy atom. The molecule has 0 radical (unpaired) electrons. The first kappa shape index (κ1) is 18.9. The van der Waals surface area contributed by atoms with Gasteiger partial charge in [0, 0.05) is 12.5 Å². The van der Waals surface area contributed by atoms with Crippen molar-refractivity contribution in [3.05, 3.63) is 29.3 Å². The molecule has 3 rings (SSSR count). The van der Waals surface area contributed by atoms with E-state index in [1.54, 1.807) is 12.1 Å². The Balaban J connectivity index is 1.81. The fraction of sp³-hybridized carbons (Fsp3) is 0.368. The molecule has 8 heteroatoms. The van der Waals surface area contributed by atoms with Crippen LogP contribution in [0.25, 0.3) is 10.8 Å². The molecule has 27 heavy (non-hydrogen) atoms. The van der Waals surface area contributed by atoms with Crippen molar-refractivity contribution in [1.29, 1.82) is 0 Å². The van der Waals surface area contributed by atoms with Crippen LogP contribution in [-0.4, -0.2) is 46.9 Å². The summed E-state index contributed by atoms with van der Waals surface area (Å²) in [6, 6.07) is 4.82. The molecule has 2 aromatic carbocycles. The zero-order valence-electron chi connectivity index (χ0n) is 14.8. The van der Waals surface area contributed by atoms with E-state index in [1.165, 1.54) is 11.5 Å².